The van der Waals surface area contributed by atoms with Crippen molar-refractivity contribution in [1.82, 2.24) is 0 Å². The van der Waals surface area contributed by atoms with Crippen molar-refractivity contribution in [2.45, 2.75) is 65.4 Å². The Balaban J connectivity index is 2.02. The highest BCUT2D eigenvalue weighted by molar-refractivity contribution is 5.94. The van der Waals surface area contributed by atoms with Crippen LogP contribution in [0.15, 0.2) is 48.5 Å². The molecule has 3 heteroatoms. The fraction of sp³-hybridized carbons (Fsp3) is 0.435. The van der Waals surface area contributed by atoms with Crippen LogP contribution < -0.4 is 10.1 Å². The number of rotatable bonds is 6. The first-order chi connectivity index (χ1) is 12.2. The Morgan fingerprint density at radius 2 is 1.58 bits per heavy atom. The maximum absolute atomic E-state index is 12.6. The number of carbonyl (C=O) groups excluding carboxylic acids is 1. The topological polar surface area (TPSA) is 38.3 Å². The van der Waals surface area contributed by atoms with E-state index in [2.05, 4.69) is 52.1 Å². The van der Waals surface area contributed by atoms with Gasteiger partial charge in [-0.2, -0.15) is 0 Å². The van der Waals surface area contributed by atoms with Gasteiger partial charge in [0, 0.05) is 5.69 Å². The van der Waals surface area contributed by atoms with Gasteiger partial charge < -0.3 is 10.1 Å². The predicted octanol–water partition coefficient (Wildman–Crippen LogP) is 5.90. The quantitative estimate of drug-likeness (QED) is 0.702. The molecule has 0 aliphatic heterocycles. The van der Waals surface area contributed by atoms with E-state index in [0.29, 0.717) is 12.3 Å². The third-order valence-corrected chi connectivity index (χ3v) is 4.51. The van der Waals surface area contributed by atoms with Gasteiger partial charge in [0.15, 0.2) is 6.10 Å². The van der Waals surface area contributed by atoms with Crippen LogP contribution in [-0.4, -0.2) is 12.0 Å². The molecule has 0 aliphatic rings. The molecule has 140 valence electrons. The summed E-state index contributed by atoms with van der Waals surface area (Å²) in [6.45, 7) is 12.8. The number of amides is 1. The Kier molecular flexibility index (Phi) is 6.47. The summed E-state index contributed by atoms with van der Waals surface area (Å²) in [6.07, 6.45) is 0.0944. The number of anilines is 1. The maximum Gasteiger partial charge on any atom is 0.265 e. The second kappa shape index (κ2) is 8.39. The highest BCUT2D eigenvalue weighted by Gasteiger charge is 2.19. The van der Waals surface area contributed by atoms with Gasteiger partial charge in [-0.25, -0.2) is 0 Å². The summed E-state index contributed by atoms with van der Waals surface area (Å²) in [5, 5.41) is 2.95. The highest BCUT2D eigenvalue weighted by Crippen LogP contribution is 2.25. The van der Waals surface area contributed by atoms with E-state index in [0.717, 1.165) is 11.4 Å². The fourth-order valence-electron chi connectivity index (χ4n) is 2.69. The predicted molar refractivity (Wildman–Crippen MR) is 109 cm³/mol. The van der Waals surface area contributed by atoms with Crippen molar-refractivity contribution in [3.05, 3.63) is 59.7 Å². The number of carbonyl (C=O) groups is 1. The van der Waals surface area contributed by atoms with Crippen LogP contribution in [0.5, 0.6) is 5.75 Å². The average Bonchev–Trinajstić information content (AvgIpc) is 2.59. The summed E-state index contributed by atoms with van der Waals surface area (Å²) >= 11 is 0. The van der Waals surface area contributed by atoms with E-state index in [1.165, 1.54) is 11.1 Å². The lowest BCUT2D eigenvalue weighted by atomic mass is 9.87. The molecule has 1 N–H and O–H groups in total. The minimum absolute atomic E-state index is 0.0994. The van der Waals surface area contributed by atoms with E-state index >= 15 is 0 Å². The van der Waals surface area contributed by atoms with E-state index in [4.69, 9.17) is 4.74 Å². The van der Waals surface area contributed by atoms with Gasteiger partial charge in [0.1, 0.15) is 5.75 Å². The average molecular weight is 354 g/mol. The molecule has 26 heavy (non-hydrogen) atoms. The van der Waals surface area contributed by atoms with Gasteiger partial charge in [-0.3, -0.25) is 4.79 Å². The van der Waals surface area contributed by atoms with Crippen molar-refractivity contribution in [3.8, 4) is 5.75 Å². The lowest BCUT2D eigenvalue weighted by molar-refractivity contribution is -0.122. The highest BCUT2D eigenvalue weighted by atomic mass is 16.5. The molecule has 0 saturated carbocycles. The van der Waals surface area contributed by atoms with Gasteiger partial charge in [-0.15, -0.1) is 0 Å². The minimum Gasteiger partial charge on any atom is -0.481 e. The molecule has 0 unspecified atom stereocenters. The van der Waals surface area contributed by atoms with Crippen molar-refractivity contribution in [3.63, 3.8) is 0 Å². The van der Waals surface area contributed by atoms with Crippen LogP contribution in [0.3, 0.4) is 0 Å². The second-order valence-corrected chi connectivity index (χ2v) is 8.06. The molecule has 1 atom stereocenters. The third-order valence-electron chi connectivity index (χ3n) is 4.51. The van der Waals surface area contributed by atoms with Crippen molar-refractivity contribution in [2.75, 3.05) is 5.32 Å². The number of hydrogen-bond donors (Lipinski definition) is 1. The van der Waals surface area contributed by atoms with Gasteiger partial charge >= 0.3 is 0 Å². The van der Waals surface area contributed by atoms with Gasteiger partial charge in [0.25, 0.3) is 5.91 Å². The molecule has 1 amide bonds. The molecule has 0 aliphatic carbocycles. The lowest BCUT2D eigenvalue weighted by Crippen LogP contribution is -2.32. The molecule has 0 spiro atoms. The Labute approximate surface area is 157 Å². The lowest BCUT2D eigenvalue weighted by Gasteiger charge is -2.21. The number of ether oxygens (including phenoxy) is 1. The molecular weight excluding hydrogens is 322 g/mol. The summed E-state index contributed by atoms with van der Waals surface area (Å²) < 4.78 is 5.92. The van der Waals surface area contributed by atoms with E-state index in [1.807, 2.05) is 43.3 Å². The van der Waals surface area contributed by atoms with Crippen LogP contribution in [0.1, 0.15) is 65.0 Å². The Bertz CT molecular complexity index is 709. The summed E-state index contributed by atoms with van der Waals surface area (Å²) in [5.41, 5.74) is 3.39. The first-order valence-electron chi connectivity index (χ1n) is 9.38. The van der Waals surface area contributed by atoms with Crippen LogP contribution in [0.2, 0.25) is 0 Å². The van der Waals surface area contributed by atoms with Gasteiger partial charge in [0.05, 0.1) is 0 Å². The van der Waals surface area contributed by atoms with Gasteiger partial charge in [-0.05, 0) is 53.1 Å². The standard InChI is InChI=1S/C23H31NO2/c1-7-21(26-20-14-10-18(11-15-20)23(4,5)6)22(25)24-19-12-8-17(9-13-19)16(2)3/h8-16,21H,7H2,1-6H3,(H,24,25)/t21-/m0/s1. The first kappa shape index (κ1) is 20.0. The van der Waals surface area contributed by atoms with E-state index in [-0.39, 0.29) is 11.3 Å². The van der Waals surface area contributed by atoms with Crippen molar-refractivity contribution >= 4 is 11.6 Å². The molecular formula is C23H31NO2. The van der Waals surface area contributed by atoms with Crippen LogP contribution in [-0.2, 0) is 10.2 Å². The molecule has 2 aromatic carbocycles. The summed E-state index contributed by atoms with van der Waals surface area (Å²) in [4.78, 5) is 12.6. The maximum atomic E-state index is 12.6. The van der Waals surface area contributed by atoms with Crippen molar-refractivity contribution < 1.29 is 9.53 Å². The molecule has 0 aromatic heterocycles. The monoisotopic (exact) mass is 353 g/mol. The third kappa shape index (κ3) is 5.35. The first-order valence-corrected chi connectivity index (χ1v) is 9.38. The largest absolute Gasteiger partial charge is 0.481 e. The van der Waals surface area contributed by atoms with Crippen molar-refractivity contribution in [2.24, 2.45) is 0 Å². The normalized spacial score (nSPS) is 12.7. The Hall–Kier alpha value is -2.29. The smallest absolute Gasteiger partial charge is 0.265 e. The zero-order valence-corrected chi connectivity index (χ0v) is 16.8. The van der Waals surface area contributed by atoms with E-state index in [1.54, 1.807) is 0 Å². The number of hydrogen-bond acceptors (Lipinski definition) is 2. The van der Waals surface area contributed by atoms with E-state index in [9.17, 15) is 4.79 Å². The number of nitrogens with one attached hydrogen (secondary N) is 1. The molecule has 0 heterocycles. The molecule has 2 rings (SSSR count). The number of benzene rings is 2. The molecule has 2 aromatic rings. The second-order valence-electron chi connectivity index (χ2n) is 8.06. The van der Waals surface area contributed by atoms with Crippen LogP contribution in [0.25, 0.3) is 0 Å². The molecule has 0 bridgehead atoms. The summed E-state index contributed by atoms with van der Waals surface area (Å²) in [7, 11) is 0. The van der Waals surface area contributed by atoms with Crippen LogP contribution in [0.4, 0.5) is 5.69 Å². The van der Waals surface area contributed by atoms with Crippen LogP contribution >= 0.6 is 0 Å². The summed E-state index contributed by atoms with van der Waals surface area (Å²) in [5.74, 6) is 1.07. The Morgan fingerprint density at radius 3 is 2.04 bits per heavy atom. The molecule has 0 saturated heterocycles. The molecule has 0 fully saturated rings. The summed E-state index contributed by atoms with van der Waals surface area (Å²) in [6, 6.07) is 16.0. The van der Waals surface area contributed by atoms with Gasteiger partial charge in [0.2, 0.25) is 0 Å². The van der Waals surface area contributed by atoms with E-state index < -0.39 is 6.10 Å². The molecule has 3 nitrogen and oxygen atoms in total. The Morgan fingerprint density at radius 1 is 1.00 bits per heavy atom. The van der Waals surface area contributed by atoms with Gasteiger partial charge in [-0.1, -0.05) is 65.8 Å². The SMILES string of the molecule is CC[C@H](Oc1ccc(C(C)(C)C)cc1)C(=O)Nc1ccc(C(C)C)cc1. The fourth-order valence-corrected chi connectivity index (χ4v) is 2.69. The van der Waals surface area contributed by atoms with Crippen LogP contribution in [0, 0.1) is 0 Å². The zero-order valence-electron chi connectivity index (χ0n) is 16.8. The minimum atomic E-state index is -0.514. The zero-order chi connectivity index (χ0) is 19.3. The molecule has 0 radical (unpaired) electrons. The van der Waals surface area contributed by atoms with Crippen molar-refractivity contribution in [1.29, 1.82) is 0 Å².